The molecule has 0 unspecified atom stereocenters. The van der Waals surface area contributed by atoms with Crippen LogP contribution < -0.4 is 4.74 Å². The zero-order valence-electron chi connectivity index (χ0n) is 10.4. The number of pyridine rings is 1. The Hall–Kier alpha value is -1.35. The number of aryl methyl sites for hydroxylation is 1. The van der Waals surface area contributed by atoms with Gasteiger partial charge in [0.15, 0.2) is 0 Å². The van der Waals surface area contributed by atoms with E-state index < -0.39 is 0 Å². The van der Waals surface area contributed by atoms with Crippen molar-refractivity contribution in [3.8, 4) is 5.75 Å². The molecule has 0 aliphatic rings. The Labute approximate surface area is 116 Å². The van der Waals surface area contributed by atoms with Crippen LogP contribution in [0.15, 0.2) is 42.7 Å². The van der Waals surface area contributed by atoms with Gasteiger partial charge in [-0.25, -0.2) is 0 Å². The molecule has 0 N–H and O–H groups in total. The second kappa shape index (κ2) is 6.55. The van der Waals surface area contributed by atoms with Gasteiger partial charge in [0.25, 0.3) is 0 Å². The summed E-state index contributed by atoms with van der Waals surface area (Å²) >= 11 is 3.49. The molecule has 2 rings (SSSR count). The fourth-order valence-corrected chi connectivity index (χ4v) is 2.22. The molecular formula is C15H16BrNO. The topological polar surface area (TPSA) is 22.1 Å². The molecule has 0 amide bonds. The third-order valence-electron chi connectivity index (χ3n) is 2.73. The maximum Gasteiger partial charge on any atom is 0.123 e. The van der Waals surface area contributed by atoms with E-state index in [-0.39, 0.29) is 0 Å². The Balaban J connectivity index is 1.94. The summed E-state index contributed by atoms with van der Waals surface area (Å²) in [6.07, 6.45) is 4.54. The number of benzene rings is 1. The maximum absolute atomic E-state index is 5.83. The number of nitrogens with zero attached hydrogens (tertiary/aromatic N) is 1. The van der Waals surface area contributed by atoms with E-state index in [9.17, 15) is 0 Å². The molecule has 2 aromatic rings. The molecule has 0 aliphatic heterocycles. The van der Waals surface area contributed by atoms with Crippen molar-refractivity contribution in [2.75, 3.05) is 6.61 Å². The third-order valence-corrected chi connectivity index (χ3v) is 3.34. The minimum Gasteiger partial charge on any atom is -0.493 e. The molecule has 0 bridgehead atoms. The highest BCUT2D eigenvalue weighted by Gasteiger charge is 2.03. The third kappa shape index (κ3) is 3.57. The fraction of sp³-hybridized carbons (Fsp3) is 0.267. The zero-order chi connectivity index (χ0) is 12.8. The highest BCUT2D eigenvalue weighted by Crippen LogP contribution is 2.22. The SMILES string of the molecule is Cc1ccc(OCCc2cccnc2)c(CBr)c1. The smallest absolute Gasteiger partial charge is 0.123 e. The molecule has 1 aromatic carbocycles. The molecule has 94 valence electrons. The number of hydrogen-bond acceptors (Lipinski definition) is 2. The number of ether oxygens (including phenoxy) is 1. The van der Waals surface area contributed by atoms with Gasteiger partial charge in [0.1, 0.15) is 5.75 Å². The number of alkyl halides is 1. The van der Waals surface area contributed by atoms with E-state index in [1.165, 1.54) is 16.7 Å². The van der Waals surface area contributed by atoms with Gasteiger partial charge in [-0.05, 0) is 24.6 Å². The van der Waals surface area contributed by atoms with Crippen molar-refractivity contribution < 1.29 is 4.74 Å². The van der Waals surface area contributed by atoms with Crippen molar-refractivity contribution in [1.29, 1.82) is 0 Å². The van der Waals surface area contributed by atoms with Crippen molar-refractivity contribution >= 4 is 15.9 Å². The van der Waals surface area contributed by atoms with Crippen LogP contribution in [0.2, 0.25) is 0 Å². The van der Waals surface area contributed by atoms with Gasteiger partial charge in [0, 0.05) is 29.7 Å². The summed E-state index contributed by atoms with van der Waals surface area (Å²) in [5.74, 6) is 0.960. The van der Waals surface area contributed by atoms with E-state index >= 15 is 0 Å². The summed E-state index contributed by atoms with van der Waals surface area (Å²) in [6, 6.07) is 10.3. The van der Waals surface area contributed by atoms with Gasteiger partial charge < -0.3 is 4.74 Å². The molecule has 1 aromatic heterocycles. The van der Waals surface area contributed by atoms with Gasteiger partial charge in [-0.15, -0.1) is 0 Å². The summed E-state index contributed by atoms with van der Waals surface area (Å²) in [7, 11) is 0. The van der Waals surface area contributed by atoms with Gasteiger partial charge in [0.05, 0.1) is 6.61 Å². The molecule has 0 atom stereocenters. The lowest BCUT2D eigenvalue weighted by atomic mass is 10.1. The highest BCUT2D eigenvalue weighted by atomic mass is 79.9. The molecule has 0 radical (unpaired) electrons. The van der Waals surface area contributed by atoms with Crippen molar-refractivity contribution in [3.05, 3.63) is 59.4 Å². The van der Waals surface area contributed by atoms with Crippen LogP contribution >= 0.6 is 15.9 Å². The first-order valence-electron chi connectivity index (χ1n) is 5.97. The van der Waals surface area contributed by atoms with Crippen LogP contribution in [0.5, 0.6) is 5.75 Å². The van der Waals surface area contributed by atoms with E-state index in [4.69, 9.17) is 4.74 Å². The molecule has 0 spiro atoms. The Bertz CT molecular complexity index is 499. The molecule has 0 aliphatic carbocycles. The molecule has 0 fully saturated rings. The monoisotopic (exact) mass is 305 g/mol. The normalized spacial score (nSPS) is 10.3. The van der Waals surface area contributed by atoms with E-state index in [0.717, 1.165) is 17.5 Å². The Morgan fingerprint density at radius 1 is 1.28 bits per heavy atom. The summed E-state index contributed by atoms with van der Waals surface area (Å²) < 4.78 is 5.83. The van der Waals surface area contributed by atoms with Gasteiger partial charge >= 0.3 is 0 Å². The van der Waals surface area contributed by atoms with Crippen molar-refractivity contribution in [2.45, 2.75) is 18.7 Å². The zero-order valence-corrected chi connectivity index (χ0v) is 12.0. The lowest BCUT2D eigenvalue weighted by Crippen LogP contribution is -2.03. The molecule has 3 heteroatoms. The minimum atomic E-state index is 0.675. The first-order chi connectivity index (χ1) is 8.79. The Morgan fingerprint density at radius 2 is 2.17 bits per heavy atom. The van der Waals surface area contributed by atoms with Crippen molar-refractivity contribution in [3.63, 3.8) is 0 Å². The molecule has 18 heavy (non-hydrogen) atoms. The Morgan fingerprint density at radius 3 is 2.89 bits per heavy atom. The first kappa shape index (κ1) is 13.1. The van der Waals surface area contributed by atoms with E-state index in [1.54, 1.807) is 6.20 Å². The summed E-state index contributed by atoms with van der Waals surface area (Å²) in [5.41, 5.74) is 3.65. The standard InChI is InChI=1S/C15H16BrNO/c1-12-4-5-15(14(9-12)10-16)18-8-6-13-3-2-7-17-11-13/h2-5,7,9,11H,6,8,10H2,1H3. The number of hydrogen-bond donors (Lipinski definition) is 0. The second-order valence-corrected chi connectivity index (χ2v) is 4.77. The lowest BCUT2D eigenvalue weighted by Gasteiger charge is -2.10. The molecule has 2 nitrogen and oxygen atoms in total. The summed E-state index contributed by atoms with van der Waals surface area (Å²) in [5, 5.41) is 0.816. The van der Waals surface area contributed by atoms with Crippen LogP contribution in [0.25, 0.3) is 0 Å². The van der Waals surface area contributed by atoms with Crippen LogP contribution in [0, 0.1) is 6.92 Å². The predicted molar refractivity (Wildman–Crippen MR) is 77.2 cm³/mol. The minimum absolute atomic E-state index is 0.675. The van der Waals surface area contributed by atoms with Crippen LogP contribution in [0.1, 0.15) is 16.7 Å². The van der Waals surface area contributed by atoms with Gasteiger partial charge in [-0.1, -0.05) is 39.7 Å². The highest BCUT2D eigenvalue weighted by molar-refractivity contribution is 9.08. The number of aromatic nitrogens is 1. The molecule has 0 saturated heterocycles. The number of rotatable bonds is 5. The summed E-state index contributed by atoms with van der Waals surface area (Å²) in [4.78, 5) is 4.09. The van der Waals surface area contributed by atoms with Crippen LogP contribution in [0.4, 0.5) is 0 Å². The van der Waals surface area contributed by atoms with Crippen LogP contribution in [-0.2, 0) is 11.8 Å². The van der Waals surface area contributed by atoms with Gasteiger partial charge in [-0.2, -0.15) is 0 Å². The van der Waals surface area contributed by atoms with Crippen LogP contribution in [0.3, 0.4) is 0 Å². The van der Waals surface area contributed by atoms with E-state index in [1.807, 2.05) is 18.3 Å². The molecule has 0 saturated carbocycles. The van der Waals surface area contributed by atoms with Gasteiger partial charge in [0.2, 0.25) is 0 Å². The maximum atomic E-state index is 5.83. The quantitative estimate of drug-likeness (QED) is 0.782. The number of halogens is 1. The first-order valence-corrected chi connectivity index (χ1v) is 7.09. The van der Waals surface area contributed by atoms with Crippen LogP contribution in [-0.4, -0.2) is 11.6 Å². The van der Waals surface area contributed by atoms with Crippen molar-refractivity contribution in [2.24, 2.45) is 0 Å². The summed E-state index contributed by atoms with van der Waals surface area (Å²) in [6.45, 7) is 2.76. The van der Waals surface area contributed by atoms with E-state index in [0.29, 0.717) is 6.61 Å². The molecular weight excluding hydrogens is 290 g/mol. The fourth-order valence-electron chi connectivity index (χ4n) is 1.78. The van der Waals surface area contributed by atoms with E-state index in [2.05, 4.69) is 46.0 Å². The second-order valence-electron chi connectivity index (χ2n) is 4.20. The lowest BCUT2D eigenvalue weighted by molar-refractivity contribution is 0.319. The average Bonchev–Trinajstić information content (AvgIpc) is 2.41. The largest absolute Gasteiger partial charge is 0.493 e. The van der Waals surface area contributed by atoms with Gasteiger partial charge in [-0.3, -0.25) is 4.98 Å². The Kier molecular flexibility index (Phi) is 4.76. The predicted octanol–water partition coefficient (Wildman–Crippen LogP) is 3.91. The molecule has 1 heterocycles. The average molecular weight is 306 g/mol. The van der Waals surface area contributed by atoms with Crippen molar-refractivity contribution in [1.82, 2.24) is 4.98 Å².